The molecule has 0 saturated carbocycles. The van der Waals surface area contributed by atoms with Crippen LogP contribution in [0.25, 0.3) is 0 Å². The second-order valence-corrected chi connectivity index (χ2v) is 10.3. The number of nitrogens with one attached hydrogen (secondary N) is 1. The largest absolute Gasteiger partial charge is 0.345 e. The zero-order chi connectivity index (χ0) is 26.2. The third-order valence-corrected chi connectivity index (χ3v) is 7.07. The lowest BCUT2D eigenvalue weighted by Crippen LogP contribution is -2.00. The summed E-state index contributed by atoms with van der Waals surface area (Å²) < 4.78 is 0. The van der Waals surface area contributed by atoms with Gasteiger partial charge < -0.3 is 4.98 Å². The number of imidazole rings is 1. The molecule has 0 fully saturated rings. The first-order valence-corrected chi connectivity index (χ1v) is 13.3. The number of aromatic nitrogens is 2. The summed E-state index contributed by atoms with van der Waals surface area (Å²) in [4.78, 5) is 7.99. The van der Waals surface area contributed by atoms with E-state index in [9.17, 15) is 0 Å². The minimum absolute atomic E-state index is 0.303. The highest BCUT2D eigenvalue weighted by Crippen LogP contribution is 2.25. The fourth-order valence-corrected chi connectivity index (χ4v) is 4.84. The third kappa shape index (κ3) is 7.61. The molecule has 37 heavy (non-hydrogen) atoms. The Morgan fingerprint density at radius 2 is 1.30 bits per heavy atom. The van der Waals surface area contributed by atoms with Crippen LogP contribution in [-0.2, 0) is 12.8 Å². The van der Waals surface area contributed by atoms with Crippen LogP contribution in [0.15, 0.2) is 103 Å². The van der Waals surface area contributed by atoms with E-state index in [1.807, 2.05) is 48.7 Å². The molecule has 0 aliphatic carbocycles. The van der Waals surface area contributed by atoms with Crippen molar-refractivity contribution in [3.63, 3.8) is 0 Å². The zero-order valence-electron chi connectivity index (χ0n) is 21.5. The second-order valence-electron chi connectivity index (χ2n) is 9.40. The molecular weight excluding hydrogens is 494 g/mol. The topological polar surface area (TPSA) is 28.7 Å². The highest BCUT2D eigenvalue weighted by Gasteiger charge is 2.09. The molecule has 0 amide bonds. The SMILES string of the molecule is BC(c1cccc(Cl)c1)c1cccc(Cl)c1.Cc1cccc(C)c1Cc1ncc(Cc2ccccc2)[nH]1. The Morgan fingerprint density at radius 1 is 0.730 bits per heavy atom. The van der Waals surface area contributed by atoms with Crippen molar-refractivity contribution in [2.45, 2.75) is 32.5 Å². The lowest BCUT2D eigenvalue weighted by atomic mass is 9.76. The molecular formula is C32H31BCl2N2. The van der Waals surface area contributed by atoms with Crippen LogP contribution in [-0.4, -0.2) is 17.8 Å². The first kappa shape index (κ1) is 26.8. The Hall–Kier alpha value is -3.27. The van der Waals surface area contributed by atoms with Crippen molar-refractivity contribution in [3.8, 4) is 0 Å². The molecule has 0 spiro atoms. The van der Waals surface area contributed by atoms with Crippen molar-refractivity contribution in [2.75, 3.05) is 0 Å². The molecule has 0 radical (unpaired) electrons. The summed E-state index contributed by atoms with van der Waals surface area (Å²) in [5.74, 6) is 1.34. The average Bonchev–Trinajstić information content (AvgIpc) is 3.34. The molecule has 186 valence electrons. The predicted molar refractivity (Wildman–Crippen MR) is 160 cm³/mol. The van der Waals surface area contributed by atoms with Gasteiger partial charge in [0.05, 0.1) is 0 Å². The van der Waals surface area contributed by atoms with Gasteiger partial charge in [-0.05, 0) is 77.3 Å². The van der Waals surface area contributed by atoms with E-state index >= 15 is 0 Å². The normalized spacial score (nSPS) is 10.7. The van der Waals surface area contributed by atoms with Crippen molar-refractivity contribution in [1.29, 1.82) is 0 Å². The number of halogens is 2. The van der Waals surface area contributed by atoms with E-state index in [0.717, 1.165) is 28.7 Å². The molecule has 0 saturated heterocycles. The number of nitrogens with zero attached hydrogens (tertiary/aromatic N) is 1. The molecule has 5 rings (SSSR count). The van der Waals surface area contributed by atoms with Crippen LogP contribution in [0.1, 0.15) is 50.7 Å². The first-order valence-electron chi connectivity index (χ1n) is 12.5. The van der Waals surface area contributed by atoms with Gasteiger partial charge in [-0.3, -0.25) is 0 Å². The molecule has 5 aromatic rings. The van der Waals surface area contributed by atoms with Crippen LogP contribution >= 0.6 is 23.2 Å². The van der Waals surface area contributed by atoms with Gasteiger partial charge in [-0.1, -0.05) is 96.0 Å². The summed E-state index contributed by atoms with van der Waals surface area (Å²) in [6.07, 6.45) is 3.73. The number of hydrogen-bond acceptors (Lipinski definition) is 1. The summed E-state index contributed by atoms with van der Waals surface area (Å²) >= 11 is 12.0. The minimum Gasteiger partial charge on any atom is -0.345 e. The lowest BCUT2D eigenvalue weighted by Gasteiger charge is -2.13. The third-order valence-electron chi connectivity index (χ3n) is 6.60. The standard InChI is InChI=1S/C19H20N2.C13H11BCl2/c1-14-7-6-8-15(2)18(14)12-19-20-13-17(21-19)11-16-9-4-3-5-10-16;14-13(9-3-1-5-11(15)7-9)10-4-2-6-12(16)8-10/h3-10,13H,11-12H2,1-2H3,(H,20,21);1-8,13H,14H2. The quantitative estimate of drug-likeness (QED) is 0.224. The molecule has 0 aliphatic heterocycles. The van der Waals surface area contributed by atoms with Crippen molar-refractivity contribution in [2.24, 2.45) is 0 Å². The van der Waals surface area contributed by atoms with Crippen molar-refractivity contribution < 1.29 is 0 Å². The van der Waals surface area contributed by atoms with E-state index < -0.39 is 0 Å². The van der Waals surface area contributed by atoms with Crippen LogP contribution < -0.4 is 0 Å². The van der Waals surface area contributed by atoms with Gasteiger partial charge in [0.15, 0.2) is 0 Å². The molecule has 5 heteroatoms. The number of rotatable bonds is 6. The smallest absolute Gasteiger partial charge is 0.116 e. The Kier molecular flexibility index (Phi) is 9.27. The van der Waals surface area contributed by atoms with E-state index in [-0.39, 0.29) is 0 Å². The van der Waals surface area contributed by atoms with Gasteiger partial charge in [0.25, 0.3) is 0 Å². The number of benzene rings is 4. The Bertz CT molecular complexity index is 1380. The number of aryl methyl sites for hydroxylation is 2. The van der Waals surface area contributed by atoms with Crippen LogP contribution in [0.5, 0.6) is 0 Å². The van der Waals surface area contributed by atoms with Crippen molar-refractivity contribution in [1.82, 2.24) is 9.97 Å². The summed E-state index contributed by atoms with van der Waals surface area (Å²) in [5, 5.41) is 1.54. The van der Waals surface area contributed by atoms with Gasteiger partial charge in [-0.15, -0.1) is 0 Å². The molecule has 0 aliphatic rings. The van der Waals surface area contributed by atoms with E-state index in [0.29, 0.717) is 5.82 Å². The Balaban J connectivity index is 0.000000180. The highest BCUT2D eigenvalue weighted by atomic mass is 35.5. The average molecular weight is 525 g/mol. The number of H-pyrrole nitrogens is 1. The van der Waals surface area contributed by atoms with E-state index in [1.54, 1.807) is 0 Å². The maximum atomic E-state index is 5.98. The molecule has 0 unspecified atom stereocenters. The lowest BCUT2D eigenvalue weighted by molar-refractivity contribution is 0.982. The Morgan fingerprint density at radius 3 is 1.86 bits per heavy atom. The summed E-state index contributed by atoms with van der Waals surface area (Å²) in [6, 6.07) is 32.8. The molecule has 1 aromatic heterocycles. The van der Waals surface area contributed by atoms with Crippen LogP contribution in [0.4, 0.5) is 0 Å². The van der Waals surface area contributed by atoms with Gasteiger partial charge in [0.1, 0.15) is 13.7 Å². The van der Waals surface area contributed by atoms with Gasteiger partial charge in [-0.25, -0.2) is 4.98 Å². The van der Waals surface area contributed by atoms with Crippen LogP contribution in [0, 0.1) is 13.8 Å². The Labute approximate surface area is 231 Å². The molecule has 2 nitrogen and oxygen atoms in total. The number of hydrogen-bond donors (Lipinski definition) is 1. The monoisotopic (exact) mass is 524 g/mol. The fraction of sp³-hybridized carbons (Fsp3) is 0.156. The van der Waals surface area contributed by atoms with E-state index in [4.69, 9.17) is 23.2 Å². The second kappa shape index (κ2) is 12.8. The molecule has 4 aromatic carbocycles. The predicted octanol–water partition coefficient (Wildman–Crippen LogP) is 7.92. The summed E-state index contributed by atoms with van der Waals surface area (Å²) in [6.45, 7) is 4.33. The van der Waals surface area contributed by atoms with E-state index in [2.05, 4.69) is 86.3 Å². The number of aromatic amines is 1. The minimum atomic E-state index is 0.303. The zero-order valence-corrected chi connectivity index (χ0v) is 23.0. The van der Waals surface area contributed by atoms with Crippen molar-refractivity contribution in [3.05, 3.63) is 158 Å². The van der Waals surface area contributed by atoms with Gasteiger partial charge in [-0.2, -0.15) is 0 Å². The highest BCUT2D eigenvalue weighted by molar-refractivity contribution is 6.31. The van der Waals surface area contributed by atoms with E-state index in [1.165, 1.54) is 39.1 Å². The molecule has 0 atom stereocenters. The fourth-order valence-electron chi connectivity index (χ4n) is 4.44. The van der Waals surface area contributed by atoms with Crippen molar-refractivity contribution >= 4 is 31.0 Å². The molecule has 1 heterocycles. The van der Waals surface area contributed by atoms with Gasteiger partial charge in [0, 0.05) is 34.8 Å². The maximum Gasteiger partial charge on any atom is 0.116 e. The maximum absolute atomic E-state index is 5.98. The van der Waals surface area contributed by atoms with Gasteiger partial charge >= 0.3 is 0 Å². The molecule has 1 N–H and O–H groups in total. The van der Waals surface area contributed by atoms with Crippen LogP contribution in [0.2, 0.25) is 10.0 Å². The van der Waals surface area contributed by atoms with Gasteiger partial charge in [0.2, 0.25) is 0 Å². The molecule has 0 bridgehead atoms. The first-order chi connectivity index (χ1) is 17.9. The summed E-state index contributed by atoms with van der Waals surface area (Å²) in [5.41, 5.74) is 8.91. The van der Waals surface area contributed by atoms with Crippen LogP contribution in [0.3, 0.4) is 0 Å². The summed E-state index contributed by atoms with van der Waals surface area (Å²) in [7, 11) is 2.15.